The van der Waals surface area contributed by atoms with E-state index in [-0.39, 0.29) is 0 Å². The summed E-state index contributed by atoms with van der Waals surface area (Å²) in [4.78, 5) is 7.08. The molecule has 0 aromatic carbocycles. The van der Waals surface area contributed by atoms with E-state index in [1.165, 1.54) is 25.0 Å². The molecule has 2 heterocycles. The van der Waals surface area contributed by atoms with Crippen LogP contribution in [0.25, 0.3) is 5.65 Å². The molecule has 0 spiro atoms. The number of hydrogen-bond acceptors (Lipinski definition) is 3. The molecule has 1 aliphatic rings. The second-order valence-electron chi connectivity index (χ2n) is 5.53. The van der Waals surface area contributed by atoms with E-state index in [9.17, 15) is 0 Å². The molecule has 0 unspecified atom stereocenters. The van der Waals surface area contributed by atoms with E-state index in [2.05, 4.69) is 28.6 Å². The Morgan fingerprint density at radius 2 is 2.26 bits per heavy atom. The van der Waals surface area contributed by atoms with Gasteiger partial charge in [-0.15, -0.1) is 0 Å². The highest BCUT2D eigenvalue weighted by atomic mass is 15.2. The van der Waals surface area contributed by atoms with Gasteiger partial charge in [-0.25, -0.2) is 4.98 Å². The predicted octanol–water partition coefficient (Wildman–Crippen LogP) is 2.07. The molecule has 4 nitrogen and oxygen atoms in total. The van der Waals surface area contributed by atoms with Crippen LogP contribution in [-0.2, 0) is 6.42 Å². The maximum Gasteiger partial charge on any atom is 0.150 e. The Labute approximate surface area is 114 Å². The van der Waals surface area contributed by atoms with E-state index in [0.717, 1.165) is 30.3 Å². The van der Waals surface area contributed by atoms with E-state index in [1.54, 1.807) is 0 Å². The monoisotopic (exact) mass is 258 g/mol. The molecule has 4 heteroatoms. The van der Waals surface area contributed by atoms with Gasteiger partial charge >= 0.3 is 0 Å². The zero-order chi connectivity index (χ0) is 13.2. The maximum atomic E-state index is 5.76. The van der Waals surface area contributed by atoms with E-state index in [4.69, 9.17) is 10.7 Å². The van der Waals surface area contributed by atoms with Crippen LogP contribution in [0.2, 0.25) is 0 Å². The highest BCUT2D eigenvalue weighted by molar-refractivity contribution is 5.55. The van der Waals surface area contributed by atoms with Gasteiger partial charge in [0.1, 0.15) is 5.65 Å². The number of pyridine rings is 1. The fraction of sp³-hybridized carbons (Fsp3) is 0.533. The third-order valence-corrected chi connectivity index (χ3v) is 4.11. The number of rotatable bonds is 5. The van der Waals surface area contributed by atoms with Crippen molar-refractivity contribution < 1.29 is 0 Å². The summed E-state index contributed by atoms with van der Waals surface area (Å²) >= 11 is 0. The molecule has 0 saturated heterocycles. The second kappa shape index (κ2) is 5.21. The standard InChI is InChI=1S/C15H22N4/c1-18(11-12-5-4-6-12)15-13(8-9-16)19-10-3-2-7-14(19)17-15/h2-3,7,10,12H,4-6,8-9,11,16H2,1H3. The SMILES string of the molecule is CN(CC1CCC1)c1nc2ccccn2c1CCN. The largest absolute Gasteiger partial charge is 0.358 e. The van der Waals surface area contributed by atoms with Crippen molar-refractivity contribution in [2.45, 2.75) is 25.7 Å². The van der Waals surface area contributed by atoms with Gasteiger partial charge in [0.05, 0.1) is 5.69 Å². The van der Waals surface area contributed by atoms with Gasteiger partial charge in [-0.3, -0.25) is 0 Å². The van der Waals surface area contributed by atoms with E-state index in [0.29, 0.717) is 6.54 Å². The summed E-state index contributed by atoms with van der Waals surface area (Å²) in [7, 11) is 2.15. The molecule has 0 atom stereocenters. The van der Waals surface area contributed by atoms with Gasteiger partial charge in [0, 0.05) is 26.2 Å². The minimum Gasteiger partial charge on any atom is -0.358 e. The first-order valence-electron chi connectivity index (χ1n) is 7.16. The molecule has 19 heavy (non-hydrogen) atoms. The summed E-state index contributed by atoms with van der Waals surface area (Å²) in [6.45, 7) is 1.77. The Hall–Kier alpha value is -1.55. The molecule has 2 aromatic heterocycles. The highest BCUT2D eigenvalue weighted by Gasteiger charge is 2.22. The first-order chi connectivity index (χ1) is 9.29. The van der Waals surface area contributed by atoms with Crippen LogP contribution < -0.4 is 10.6 Å². The molecule has 1 saturated carbocycles. The Kier molecular flexibility index (Phi) is 3.42. The van der Waals surface area contributed by atoms with Crippen molar-refractivity contribution in [1.29, 1.82) is 0 Å². The van der Waals surface area contributed by atoms with E-state index in [1.807, 2.05) is 12.1 Å². The lowest BCUT2D eigenvalue weighted by atomic mass is 9.85. The van der Waals surface area contributed by atoms with Gasteiger partial charge in [0.25, 0.3) is 0 Å². The molecule has 0 amide bonds. The molecule has 3 rings (SSSR count). The maximum absolute atomic E-state index is 5.76. The molecular formula is C15H22N4. The predicted molar refractivity (Wildman–Crippen MR) is 78.6 cm³/mol. The van der Waals surface area contributed by atoms with Crippen LogP contribution in [0.5, 0.6) is 0 Å². The normalized spacial score (nSPS) is 15.7. The lowest BCUT2D eigenvalue weighted by Gasteiger charge is -2.30. The van der Waals surface area contributed by atoms with Gasteiger partial charge in [-0.1, -0.05) is 12.5 Å². The summed E-state index contributed by atoms with van der Waals surface area (Å²) in [5.74, 6) is 1.95. The van der Waals surface area contributed by atoms with Crippen LogP contribution in [0.15, 0.2) is 24.4 Å². The van der Waals surface area contributed by atoms with Crippen molar-refractivity contribution in [3.63, 3.8) is 0 Å². The van der Waals surface area contributed by atoms with E-state index < -0.39 is 0 Å². The van der Waals surface area contributed by atoms with E-state index >= 15 is 0 Å². The number of imidazole rings is 1. The van der Waals surface area contributed by atoms with Crippen molar-refractivity contribution in [2.24, 2.45) is 11.7 Å². The average molecular weight is 258 g/mol. The number of nitrogens with zero attached hydrogens (tertiary/aromatic N) is 3. The van der Waals surface area contributed by atoms with Crippen molar-refractivity contribution in [3.8, 4) is 0 Å². The van der Waals surface area contributed by atoms with Gasteiger partial charge in [0.15, 0.2) is 5.82 Å². The van der Waals surface area contributed by atoms with Gasteiger partial charge in [-0.05, 0) is 37.4 Å². The fourth-order valence-electron chi connectivity index (χ4n) is 2.86. The lowest BCUT2D eigenvalue weighted by Crippen LogP contribution is -2.30. The Morgan fingerprint density at radius 1 is 1.42 bits per heavy atom. The van der Waals surface area contributed by atoms with Gasteiger partial charge < -0.3 is 15.0 Å². The first-order valence-corrected chi connectivity index (χ1v) is 7.16. The van der Waals surface area contributed by atoms with Crippen molar-refractivity contribution >= 4 is 11.5 Å². The van der Waals surface area contributed by atoms with Crippen LogP contribution in [-0.4, -0.2) is 29.5 Å². The molecule has 2 N–H and O–H groups in total. The highest BCUT2D eigenvalue weighted by Crippen LogP contribution is 2.29. The van der Waals surface area contributed by atoms with Crippen LogP contribution in [0, 0.1) is 5.92 Å². The fourth-order valence-corrected chi connectivity index (χ4v) is 2.86. The number of fused-ring (bicyclic) bond motifs is 1. The second-order valence-corrected chi connectivity index (χ2v) is 5.53. The Morgan fingerprint density at radius 3 is 2.95 bits per heavy atom. The first kappa shape index (κ1) is 12.5. The quantitative estimate of drug-likeness (QED) is 0.893. The molecule has 1 fully saturated rings. The number of hydrogen-bond donors (Lipinski definition) is 1. The van der Waals surface area contributed by atoms with Crippen LogP contribution in [0.1, 0.15) is 25.0 Å². The van der Waals surface area contributed by atoms with Crippen LogP contribution in [0.3, 0.4) is 0 Å². The molecule has 102 valence electrons. The molecule has 1 aliphatic carbocycles. The smallest absolute Gasteiger partial charge is 0.150 e. The molecule has 0 radical (unpaired) electrons. The summed E-state index contributed by atoms with van der Waals surface area (Å²) in [6.07, 6.45) is 7.07. The number of aromatic nitrogens is 2. The topological polar surface area (TPSA) is 46.6 Å². The van der Waals surface area contributed by atoms with Crippen molar-refractivity contribution in [2.75, 3.05) is 25.0 Å². The van der Waals surface area contributed by atoms with Crippen molar-refractivity contribution in [3.05, 3.63) is 30.1 Å². The Balaban J connectivity index is 1.93. The van der Waals surface area contributed by atoms with Gasteiger partial charge in [-0.2, -0.15) is 0 Å². The number of nitrogens with two attached hydrogens (primary N) is 1. The summed E-state index contributed by atoms with van der Waals surface area (Å²) in [6, 6.07) is 6.13. The molecule has 0 aliphatic heterocycles. The third-order valence-electron chi connectivity index (χ3n) is 4.11. The number of anilines is 1. The average Bonchev–Trinajstić information content (AvgIpc) is 2.74. The van der Waals surface area contributed by atoms with Gasteiger partial charge in [0.2, 0.25) is 0 Å². The minimum atomic E-state index is 0.660. The molecule has 2 aromatic rings. The third kappa shape index (κ3) is 2.32. The lowest BCUT2D eigenvalue weighted by molar-refractivity contribution is 0.321. The summed E-state index contributed by atoms with van der Waals surface area (Å²) in [5, 5.41) is 0. The van der Waals surface area contributed by atoms with Crippen LogP contribution >= 0.6 is 0 Å². The minimum absolute atomic E-state index is 0.660. The zero-order valence-electron chi connectivity index (χ0n) is 11.5. The Bertz CT molecular complexity index is 556. The summed E-state index contributed by atoms with van der Waals surface area (Å²) in [5.41, 5.74) is 8.01. The zero-order valence-corrected chi connectivity index (χ0v) is 11.5. The molecule has 0 bridgehead atoms. The van der Waals surface area contributed by atoms with Crippen LogP contribution in [0.4, 0.5) is 5.82 Å². The summed E-state index contributed by atoms with van der Waals surface area (Å²) < 4.78 is 2.17. The molecular weight excluding hydrogens is 236 g/mol. The van der Waals surface area contributed by atoms with Crippen molar-refractivity contribution in [1.82, 2.24) is 9.38 Å².